The standard InChI is InChI=1S/C22H35N5O2/c1-3-18(2)23-21(28)17-25-13-15-27(16-14-25)22(29)24-19-9-5-6-10-20(19)26-11-7-4-8-12-26/h5-6,9-10,18H,3-4,7-8,11-17H2,1-2H3,(H,23,28)(H,24,29)/t18-/m1/s1. The van der Waals surface area contributed by atoms with E-state index in [4.69, 9.17) is 0 Å². The normalized spacial score (nSPS) is 19.0. The summed E-state index contributed by atoms with van der Waals surface area (Å²) in [4.78, 5) is 31.2. The largest absolute Gasteiger partial charge is 0.370 e. The molecule has 1 atom stereocenters. The van der Waals surface area contributed by atoms with Gasteiger partial charge in [0.15, 0.2) is 0 Å². The quantitative estimate of drug-likeness (QED) is 0.769. The van der Waals surface area contributed by atoms with Crippen LogP contribution >= 0.6 is 0 Å². The van der Waals surface area contributed by atoms with E-state index in [0.29, 0.717) is 19.6 Å². The molecule has 0 spiro atoms. The molecule has 3 amide bonds. The zero-order valence-electron chi connectivity index (χ0n) is 17.8. The highest BCUT2D eigenvalue weighted by Gasteiger charge is 2.24. The highest BCUT2D eigenvalue weighted by Crippen LogP contribution is 2.28. The van der Waals surface area contributed by atoms with Crippen molar-refractivity contribution < 1.29 is 9.59 Å². The summed E-state index contributed by atoms with van der Waals surface area (Å²) in [6, 6.07) is 8.22. The van der Waals surface area contributed by atoms with Crippen molar-refractivity contribution in [3.05, 3.63) is 24.3 Å². The highest BCUT2D eigenvalue weighted by atomic mass is 16.2. The van der Waals surface area contributed by atoms with Crippen LogP contribution in [0.3, 0.4) is 0 Å². The number of anilines is 2. The van der Waals surface area contributed by atoms with E-state index in [9.17, 15) is 9.59 Å². The van der Waals surface area contributed by atoms with Gasteiger partial charge in [0, 0.05) is 45.3 Å². The molecule has 0 radical (unpaired) electrons. The second kappa shape index (κ2) is 10.5. The van der Waals surface area contributed by atoms with E-state index in [1.807, 2.05) is 30.0 Å². The summed E-state index contributed by atoms with van der Waals surface area (Å²) >= 11 is 0. The average molecular weight is 402 g/mol. The monoisotopic (exact) mass is 401 g/mol. The van der Waals surface area contributed by atoms with E-state index in [1.165, 1.54) is 19.3 Å². The van der Waals surface area contributed by atoms with Gasteiger partial charge in [-0.2, -0.15) is 0 Å². The fraction of sp³-hybridized carbons (Fsp3) is 0.636. The maximum Gasteiger partial charge on any atom is 0.321 e. The highest BCUT2D eigenvalue weighted by molar-refractivity contribution is 5.93. The van der Waals surface area contributed by atoms with Crippen LogP contribution in [-0.4, -0.2) is 73.6 Å². The number of piperidine rings is 1. The molecule has 1 aromatic rings. The van der Waals surface area contributed by atoms with Crippen LogP contribution in [0, 0.1) is 0 Å². The van der Waals surface area contributed by atoms with E-state index in [2.05, 4.69) is 33.4 Å². The number of urea groups is 1. The van der Waals surface area contributed by atoms with Crippen molar-refractivity contribution in [2.45, 2.75) is 45.6 Å². The molecule has 3 rings (SSSR count). The summed E-state index contributed by atoms with van der Waals surface area (Å²) in [5.41, 5.74) is 2.00. The number of nitrogens with zero attached hydrogens (tertiary/aromatic N) is 3. The fourth-order valence-corrected chi connectivity index (χ4v) is 3.92. The number of hydrogen-bond donors (Lipinski definition) is 2. The maximum atomic E-state index is 12.8. The molecule has 0 aromatic heterocycles. The van der Waals surface area contributed by atoms with Gasteiger partial charge in [-0.15, -0.1) is 0 Å². The first kappa shape index (κ1) is 21.4. The van der Waals surface area contributed by atoms with Crippen LogP contribution in [0.4, 0.5) is 16.2 Å². The minimum atomic E-state index is -0.0573. The van der Waals surface area contributed by atoms with Crippen LogP contribution in [0.15, 0.2) is 24.3 Å². The molecule has 0 unspecified atom stereocenters. The number of benzene rings is 1. The Hall–Kier alpha value is -2.28. The Labute approximate surface area is 174 Å². The van der Waals surface area contributed by atoms with Gasteiger partial charge in [-0.05, 0) is 44.7 Å². The molecule has 2 heterocycles. The van der Waals surface area contributed by atoms with Crippen LogP contribution < -0.4 is 15.5 Å². The number of nitrogens with one attached hydrogen (secondary N) is 2. The van der Waals surface area contributed by atoms with E-state index >= 15 is 0 Å². The van der Waals surface area contributed by atoms with Crippen molar-refractivity contribution in [3.63, 3.8) is 0 Å². The minimum absolute atomic E-state index is 0.0573. The lowest BCUT2D eigenvalue weighted by Crippen LogP contribution is -2.52. The van der Waals surface area contributed by atoms with E-state index in [-0.39, 0.29) is 18.0 Å². The smallest absolute Gasteiger partial charge is 0.321 e. The molecule has 1 aromatic carbocycles. The maximum absolute atomic E-state index is 12.8. The van der Waals surface area contributed by atoms with Crippen LogP contribution in [0.2, 0.25) is 0 Å². The van der Waals surface area contributed by atoms with Crippen molar-refractivity contribution in [1.82, 2.24) is 15.1 Å². The van der Waals surface area contributed by atoms with Crippen LogP contribution in [-0.2, 0) is 4.79 Å². The van der Waals surface area contributed by atoms with Gasteiger partial charge in [-0.3, -0.25) is 9.69 Å². The summed E-state index contributed by atoms with van der Waals surface area (Å²) in [5, 5.41) is 6.12. The second-order valence-electron chi connectivity index (χ2n) is 8.14. The van der Waals surface area contributed by atoms with Gasteiger partial charge in [0.25, 0.3) is 0 Å². The molecule has 2 N–H and O–H groups in total. The Kier molecular flexibility index (Phi) is 7.75. The predicted molar refractivity (Wildman–Crippen MR) is 117 cm³/mol. The number of piperazine rings is 1. The van der Waals surface area contributed by atoms with Gasteiger partial charge >= 0.3 is 6.03 Å². The molecule has 2 saturated heterocycles. The van der Waals surface area contributed by atoms with Crippen molar-refractivity contribution >= 4 is 23.3 Å². The van der Waals surface area contributed by atoms with E-state index in [1.54, 1.807) is 0 Å². The topological polar surface area (TPSA) is 67.9 Å². The Morgan fingerprint density at radius 3 is 2.38 bits per heavy atom. The molecule has 0 aliphatic carbocycles. The summed E-state index contributed by atoms with van der Waals surface area (Å²) in [5.74, 6) is 0.0627. The zero-order valence-corrected chi connectivity index (χ0v) is 17.8. The Balaban J connectivity index is 1.50. The van der Waals surface area contributed by atoms with E-state index in [0.717, 1.165) is 44.0 Å². The number of carbonyl (C=O) groups is 2. The molecule has 7 nitrogen and oxygen atoms in total. The van der Waals surface area contributed by atoms with Crippen LogP contribution in [0.25, 0.3) is 0 Å². The summed E-state index contributed by atoms with van der Waals surface area (Å²) in [6.07, 6.45) is 4.62. The molecule has 0 saturated carbocycles. The zero-order chi connectivity index (χ0) is 20.6. The van der Waals surface area contributed by atoms with Gasteiger partial charge < -0.3 is 20.4 Å². The number of para-hydroxylation sites is 2. The summed E-state index contributed by atoms with van der Waals surface area (Å²) in [6.45, 7) is 9.27. The molecule has 0 bridgehead atoms. The SMILES string of the molecule is CC[C@@H](C)NC(=O)CN1CCN(C(=O)Nc2ccccc2N2CCCCC2)CC1. The second-order valence-corrected chi connectivity index (χ2v) is 8.14. The number of rotatable bonds is 6. The Morgan fingerprint density at radius 2 is 1.69 bits per heavy atom. The Bertz CT molecular complexity index is 682. The molecular formula is C22H35N5O2. The molecule has 160 valence electrons. The molecule has 29 heavy (non-hydrogen) atoms. The molecule has 2 aliphatic heterocycles. The lowest BCUT2D eigenvalue weighted by atomic mass is 10.1. The van der Waals surface area contributed by atoms with Crippen molar-refractivity contribution in [1.29, 1.82) is 0 Å². The third-order valence-electron chi connectivity index (χ3n) is 5.89. The number of hydrogen-bond acceptors (Lipinski definition) is 4. The fourth-order valence-electron chi connectivity index (χ4n) is 3.92. The Morgan fingerprint density at radius 1 is 1.00 bits per heavy atom. The van der Waals surface area contributed by atoms with Gasteiger partial charge in [-0.1, -0.05) is 19.1 Å². The van der Waals surface area contributed by atoms with Gasteiger partial charge in [-0.25, -0.2) is 4.79 Å². The van der Waals surface area contributed by atoms with Crippen molar-refractivity contribution in [3.8, 4) is 0 Å². The summed E-state index contributed by atoms with van der Waals surface area (Å²) in [7, 11) is 0. The van der Waals surface area contributed by atoms with E-state index < -0.39 is 0 Å². The third-order valence-corrected chi connectivity index (χ3v) is 5.89. The predicted octanol–water partition coefficient (Wildman–Crippen LogP) is 2.74. The lowest BCUT2D eigenvalue weighted by molar-refractivity contribution is -0.123. The average Bonchev–Trinajstić information content (AvgIpc) is 2.75. The first-order chi connectivity index (χ1) is 14.1. The third kappa shape index (κ3) is 6.10. The molecule has 7 heteroatoms. The minimum Gasteiger partial charge on any atom is -0.370 e. The lowest BCUT2D eigenvalue weighted by Gasteiger charge is -2.35. The molecule has 2 aliphatic rings. The first-order valence-electron chi connectivity index (χ1n) is 11.0. The number of carbonyl (C=O) groups excluding carboxylic acids is 2. The van der Waals surface area contributed by atoms with Gasteiger partial charge in [0.2, 0.25) is 5.91 Å². The number of amides is 3. The van der Waals surface area contributed by atoms with Crippen molar-refractivity contribution in [2.24, 2.45) is 0 Å². The molecular weight excluding hydrogens is 366 g/mol. The molecule has 2 fully saturated rings. The van der Waals surface area contributed by atoms with Gasteiger partial charge in [0.1, 0.15) is 0 Å². The summed E-state index contributed by atoms with van der Waals surface area (Å²) < 4.78 is 0. The first-order valence-corrected chi connectivity index (χ1v) is 11.0. The van der Waals surface area contributed by atoms with Gasteiger partial charge in [0.05, 0.1) is 17.9 Å². The van der Waals surface area contributed by atoms with Crippen LogP contribution in [0.1, 0.15) is 39.5 Å². The van der Waals surface area contributed by atoms with Crippen molar-refractivity contribution in [2.75, 3.05) is 56.0 Å². The van der Waals surface area contributed by atoms with Crippen LogP contribution in [0.5, 0.6) is 0 Å².